The number of amides is 1. The van der Waals surface area contributed by atoms with E-state index < -0.39 is 0 Å². The average Bonchev–Trinajstić information content (AvgIpc) is 3.17. The van der Waals surface area contributed by atoms with Crippen LogP contribution in [0.1, 0.15) is 44.1 Å². The zero-order valence-corrected chi connectivity index (χ0v) is 12.9. The number of hydrogen-bond donors (Lipinski definition) is 2. The van der Waals surface area contributed by atoms with Crippen molar-refractivity contribution in [3.05, 3.63) is 29.8 Å². The number of guanidine groups is 1. The molecule has 1 saturated heterocycles. The first-order chi connectivity index (χ1) is 10.7. The second kappa shape index (κ2) is 6.81. The van der Waals surface area contributed by atoms with Crippen molar-refractivity contribution in [1.82, 2.24) is 5.32 Å². The minimum Gasteiger partial charge on any atom is -0.370 e. The van der Waals surface area contributed by atoms with E-state index in [0.717, 1.165) is 24.2 Å². The summed E-state index contributed by atoms with van der Waals surface area (Å²) in [6.07, 6.45) is 6.51. The minimum absolute atomic E-state index is 0.211. The third kappa shape index (κ3) is 3.59. The van der Waals surface area contributed by atoms with Gasteiger partial charge in [0.25, 0.3) is 0 Å². The maximum Gasteiger partial charge on any atom is 0.227 e. The van der Waals surface area contributed by atoms with E-state index in [2.05, 4.69) is 10.3 Å². The molecule has 1 aliphatic carbocycles. The molecular weight excluding hydrogens is 276 g/mol. The molecule has 118 valence electrons. The van der Waals surface area contributed by atoms with Gasteiger partial charge < -0.3 is 16.0 Å². The molecule has 0 unspecified atom stereocenters. The lowest BCUT2D eigenvalue weighted by Crippen LogP contribution is -2.38. The monoisotopic (exact) mass is 300 g/mol. The highest BCUT2D eigenvalue weighted by Crippen LogP contribution is 2.22. The molecule has 1 aliphatic heterocycles. The average molecular weight is 300 g/mol. The van der Waals surface area contributed by atoms with Crippen molar-refractivity contribution in [2.45, 2.75) is 51.1 Å². The van der Waals surface area contributed by atoms with Crippen LogP contribution in [0.5, 0.6) is 0 Å². The smallest absolute Gasteiger partial charge is 0.227 e. The number of nitrogens with two attached hydrogens (primary N) is 1. The largest absolute Gasteiger partial charge is 0.370 e. The summed E-state index contributed by atoms with van der Waals surface area (Å²) in [6, 6.07) is 8.51. The van der Waals surface area contributed by atoms with Crippen molar-refractivity contribution < 1.29 is 4.79 Å². The normalized spacial score (nSPS) is 19.9. The summed E-state index contributed by atoms with van der Waals surface area (Å²) < 4.78 is 0. The van der Waals surface area contributed by atoms with E-state index in [9.17, 15) is 4.79 Å². The predicted molar refractivity (Wildman–Crippen MR) is 88.7 cm³/mol. The maximum atomic E-state index is 11.8. The van der Waals surface area contributed by atoms with Gasteiger partial charge in [0.1, 0.15) is 0 Å². The Kier molecular flexibility index (Phi) is 4.61. The molecule has 2 fully saturated rings. The molecular formula is C17H24N4O. The van der Waals surface area contributed by atoms with E-state index in [-0.39, 0.29) is 5.91 Å². The van der Waals surface area contributed by atoms with Gasteiger partial charge in [-0.2, -0.15) is 0 Å². The zero-order valence-electron chi connectivity index (χ0n) is 12.9. The molecule has 22 heavy (non-hydrogen) atoms. The van der Waals surface area contributed by atoms with E-state index >= 15 is 0 Å². The van der Waals surface area contributed by atoms with Gasteiger partial charge in [-0.3, -0.25) is 4.79 Å². The molecule has 0 bridgehead atoms. The number of aliphatic imine (C=N–C) groups is 1. The van der Waals surface area contributed by atoms with Crippen LogP contribution < -0.4 is 16.0 Å². The zero-order chi connectivity index (χ0) is 15.4. The lowest BCUT2D eigenvalue weighted by molar-refractivity contribution is -0.117. The maximum absolute atomic E-state index is 11.8. The number of carbonyl (C=O) groups is 1. The number of anilines is 1. The van der Waals surface area contributed by atoms with E-state index in [0.29, 0.717) is 25.0 Å². The van der Waals surface area contributed by atoms with Crippen LogP contribution in [0.25, 0.3) is 0 Å². The van der Waals surface area contributed by atoms with Crippen LogP contribution in [-0.2, 0) is 11.3 Å². The number of carbonyl (C=O) groups excluding carboxylic acids is 1. The Balaban J connectivity index is 1.61. The Hall–Kier alpha value is -2.04. The molecule has 1 aromatic rings. The lowest BCUT2D eigenvalue weighted by atomic mass is 10.2. The molecule has 1 saturated carbocycles. The van der Waals surface area contributed by atoms with Gasteiger partial charge in [0, 0.05) is 24.7 Å². The quantitative estimate of drug-likeness (QED) is 0.661. The van der Waals surface area contributed by atoms with E-state index in [1.54, 1.807) is 0 Å². The summed E-state index contributed by atoms with van der Waals surface area (Å²) in [5.41, 5.74) is 8.01. The van der Waals surface area contributed by atoms with Crippen LogP contribution in [0.2, 0.25) is 0 Å². The molecule has 1 aromatic carbocycles. The molecule has 0 spiro atoms. The first kappa shape index (κ1) is 14.9. The SMILES string of the molecule is NC(=NCc1cccc(N2CCCC2=O)c1)NC1CCCC1. The van der Waals surface area contributed by atoms with Crippen molar-refractivity contribution in [3.8, 4) is 0 Å². The van der Waals surface area contributed by atoms with E-state index in [4.69, 9.17) is 5.73 Å². The molecule has 1 heterocycles. The van der Waals surface area contributed by atoms with Crippen molar-refractivity contribution in [3.63, 3.8) is 0 Å². The van der Waals surface area contributed by atoms with Crippen molar-refractivity contribution in [2.24, 2.45) is 10.7 Å². The van der Waals surface area contributed by atoms with Crippen molar-refractivity contribution in [2.75, 3.05) is 11.4 Å². The summed E-state index contributed by atoms with van der Waals surface area (Å²) in [5.74, 6) is 0.734. The van der Waals surface area contributed by atoms with Gasteiger partial charge in [-0.15, -0.1) is 0 Å². The highest BCUT2D eigenvalue weighted by molar-refractivity contribution is 5.95. The lowest BCUT2D eigenvalue weighted by Gasteiger charge is -2.16. The Morgan fingerprint density at radius 1 is 1.32 bits per heavy atom. The van der Waals surface area contributed by atoms with Gasteiger partial charge in [0.2, 0.25) is 5.91 Å². The topological polar surface area (TPSA) is 70.7 Å². The minimum atomic E-state index is 0.211. The van der Waals surface area contributed by atoms with Crippen molar-refractivity contribution >= 4 is 17.6 Å². The molecule has 0 radical (unpaired) electrons. The van der Waals surface area contributed by atoms with Crippen LogP contribution in [0, 0.1) is 0 Å². The van der Waals surface area contributed by atoms with E-state index in [1.165, 1.54) is 25.7 Å². The van der Waals surface area contributed by atoms with Gasteiger partial charge in [-0.05, 0) is 37.0 Å². The first-order valence-electron chi connectivity index (χ1n) is 8.18. The van der Waals surface area contributed by atoms with Crippen LogP contribution in [0.4, 0.5) is 5.69 Å². The molecule has 3 rings (SSSR count). The molecule has 0 atom stereocenters. The van der Waals surface area contributed by atoms with Crippen LogP contribution >= 0.6 is 0 Å². The fraction of sp³-hybridized carbons (Fsp3) is 0.529. The fourth-order valence-electron chi connectivity index (χ4n) is 3.25. The summed E-state index contributed by atoms with van der Waals surface area (Å²) in [6.45, 7) is 1.36. The van der Waals surface area contributed by atoms with Crippen LogP contribution in [0.3, 0.4) is 0 Å². The standard InChI is InChI=1S/C17H24N4O/c18-17(20-14-6-1-2-7-14)19-12-13-5-3-8-15(11-13)21-10-4-9-16(21)22/h3,5,8,11,14H,1-2,4,6-7,9-10,12H2,(H3,18,19,20). The van der Waals surface area contributed by atoms with Crippen molar-refractivity contribution in [1.29, 1.82) is 0 Å². The number of rotatable bonds is 4. The number of nitrogens with one attached hydrogen (secondary N) is 1. The molecule has 5 nitrogen and oxygen atoms in total. The highest BCUT2D eigenvalue weighted by Gasteiger charge is 2.21. The molecule has 0 aromatic heterocycles. The Bertz CT molecular complexity index is 564. The third-order valence-corrected chi connectivity index (χ3v) is 4.43. The Morgan fingerprint density at radius 2 is 2.14 bits per heavy atom. The number of hydrogen-bond acceptors (Lipinski definition) is 2. The van der Waals surface area contributed by atoms with Gasteiger partial charge in [-0.1, -0.05) is 25.0 Å². The fourth-order valence-corrected chi connectivity index (χ4v) is 3.25. The van der Waals surface area contributed by atoms with E-state index in [1.807, 2.05) is 29.2 Å². The third-order valence-electron chi connectivity index (χ3n) is 4.43. The predicted octanol–water partition coefficient (Wildman–Crippen LogP) is 2.16. The highest BCUT2D eigenvalue weighted by atomic mass is 16.2. The summed E-state index contributed by atoms with van der Waals surface area (Å²) in [4.78, 5) is 18.1. The van der Waals surface area contributed by atoms with Crippen LogP contribution in [-0.4, -0.2) is 24.5 Å². The number of benzene rings is 1. The second-order valence-corrected chi connectivity index (χ2v) is 6.15. The molecule has 5 heteroatoms. The van der Waals surface area contributed by atoms with Crippen LogP contribution in [0.15, 0.2) is 29.3 Å². The summed E-state index contributed by atoms with van der Waals surface area (Å²) in [7, 11) is 0. The molecule has 2 aliphatic rings. The Labute approximate surface area is 131 Å². The first-order valence-corrected chi connectivity index (χ1v) is 8.18. The number of nitrogens with zero attached hydrogens (tertiary/aromatic N) is 2. The van der Waals surface area contributed by atoms with Gasteiger partial charge in [0.05, 0.1) is 6.54 Å². The summed E-state index contributed by atoms with van der Waals surface area (Å²) in [5, 5.41) is 3.29. The molecule has 1 amide bonds. The van der Waals surface area contributed by atoms with Gasteiger partial charge in [0.15, 0.2) is 5.96 Å². The van der Waals surface area contributed by atoms with Gasteiger partial charge in [-0.25, -0.2) is 4.99 Å². The second-order valence-electron chi connectivity index (χ2n) is 6.15. The van der Waals surface area contributed by atoms with Gasteiger partial charge >= 0.3 is 0 Å². The Morgan fingerprint density at radius 3 is 2.86 bits per heavy atom. The molecule has 3 N–H and O–H groups in total. The summed E-state index contributed by atoms with van der Waals surface area (Å²) >= 11 is 0.